The standard InChI is InChI=1S/C15H14N4O2S2/c1-19-13-11(5-2-6-16-13)18-14(15(19)21)23-9-12(20)17-8-10-4-3-7-22-10/h2-7H,8-9H2,1H3,(H,17,20). The number of rotatable bonds is 5. The summed E-state index contributed by atoms with van der Waals surface area (Å²) in [5.74, 6) is 0.0258. The van der Waals surface area contributed by atoms with Crippen LogP contribution in [0, 0.1) is 0 Å². The first-order valence-corrected chi connectivity index (χ1v) is 8.75. The molecule has 0 radical (unpaired) electrons. The minimum atomic E-state index is -0.243. The summed E-state index contributed by atoms with van der Waals surface area (Å²) in [6, 6.07) is 7.47. The van der Waals surface area contributed by atoms with Crippen LogP contribution in [-0.2, 0) is 18.4 Å². The molecule has 1 amide bonds. The first-order valence-electron chi connectivity index (χ1n) is 6.89. The van der Waals surface area contributed by atoms with E-state index in [-0.39, 0.29) is 17.2 Å². The zero-order valence-corrected chi connectivity index (χ0v) is 14.0. The molecule has 3 rings (SSSR count). The van der Waals surface area contributed by atoms with E-state index in [1.807, 2.05) is 17.5 Å². The molecule has 1 N–H and O–H groups in total. The van der Waals surface area contributed by atoms with Gasteiger partial charge in [0.15, 0.2) is 10.7 Å². The molecule has 0 fully saturated rings. The van der Waals surface area contributed by atoms with E-state index < -0.39 is 0 Å². The first-order chi connectivity index (χ1) is 11.1. The number of nitrogens with zero attached hydrogens (tertiary/aromatic N) is 3. The lowest BCUT2D eigenvalue weighted by Gasteiger charge is -2.07. The number of hydrogen-bond donors (Lipinski definition) is 1. The number of carbonyl (C=O) groups excluding carboxylic acids is 1. The summed E-state index contributed by atoms with van der Waals surface area (Å²) in [4.78, 5) is 33.7. The summed E-state index contributed by atoms with van der Waals surface area (Å²) in [6.07, 6.45) is 1.62. The van der Waals surface area contributed by atoms with E-state index >= 15 is 0 Å². The molecule has 0 aliphatic rings. The number of aryl methyl sites for hydroxylation is 1. The number of thioether (sulfide) groups is 1. The Bertz CT molecular complexity index is 890. The lowest BCUT2D eigenvalue weighted by atomic mass is 10.4. The zero-order valence-electron chi connectivity index (χ0n) is 12.4. The predicted octanol–water partition coefficient (Wildman–Crippen LogP) is 1.80. The molecule has 0 saturated carbocycles. The first kappa shape index (κ1) is 15.7. The number of fused-ring (bicyclic) bond motifs is 1. The Morgan fingerprint density at radius 2 is 2.26 bits per heavy atom. The van der Waals surface area contributed by atoms with Crippen molar-refractivity contribution in [3.63, 3.8) is 0 Å². The van der Waals surface area contributed by atoms with Gasteiger partial charge in [-0.3, -0.25) is 14.2 Å². The fourth-order valence-corrected chi connectivity index (χ4v) is 3.45. The van der Waals surface area contributed by atoms with Gasteiger partial charge < -0.3 is 5.32 Å². The van der Waals surface area contributed by atoms with Gasteiger partial charge >= 0.3 is 0 Å². The number of hydrogen-bond acceptors (Lipinski definition) is 6. The van der Waals surface area contributed by atoms with E-state index in [9.17, 15) is 9.59 Å². The number of nitrogens with one attached hydrogen (secondary N) is 1. The summed E-state index contributed by atoms with van der Waals surface area (Å²) in [5.41, 5.74) is 0.923. The number of pyridine rings is 1. The maximum atomic E-state index is 12.2. The summed E-state index contributed by atoms with van der Waals surface area (Å²) in [7, 11) is 1.65. The monoisotopic (exact) mass is 346 g/mol. The van der Waals surface area contributed by atoms with E-state index in [0.29, 0.717) is 22.7 Å². The third-order valence-electron chi connectivity index (χ3n) is 3.17. The number of thiophene rings is 1. The van der Waals surface area contributed by atoms with Gasteiger partial charge in [0, 0.05) is 18.1 Å². The van der Waals surface area contributed by atoms with Crippen molar-refractivity contribution >= 4 is 40.2 Å². The van der Waals surface area contributed by atoms with Crippen LogP contribution in [0.1, 0.15) is 4.88 Å². The van der Waals surface area contributed by atoms with Gasteiger partial charge in [-0.25, -0.2) is 9.97 Å². The van der Waals surface area contributed by atoms with Gasteiger partial charge in [0.05, 0.1) is 12.3 Å². The van der Waals surface area contributed by atoms with Crippen LogP contribution in [0.4, 0.5) is 0 Å². The van der Waals surface area contributed by atoms with Crippen molar-refractivity contribution in [2.24, 2.45) is 7.05 Å². The van der Waals surface area contributed by atoms with Gasteiger partial charge in [-0.15, -0.1) is 11.3 Å². The van der Waals surface area contributed by atoms with Crippen LogP contribution in [0.25, 0.3) is 11.2 Å². The molecule has 6 nitrogen and oxygen atoms in total. The van der Waals surface area contributed by atoms with Crippen molar-refractivity contribution < 1.29 is 4.79 Å². The van der Waals surface area contributed by atoms with Crippen LogP contribution in [0.15, 0.2) is 45.7 Å². The number of amides is 1. The predicted molar refractivity (Wildman–Crippen MR) is 91.7 cm³/mol. The van der Waals surface area contributed by atoms with Gasteiger partial charge in [-0.1, -0.05) is 17.8 Å². The molecule has 0 unspecified atom stereocenters. The highest BCUT2D eigenvalue weighted by Gasteiger charge is 2.11. The molecule has 0 aliphatic heterocycles. The normalized spacial score (nSPS) is 10.8. The van der Waals surface area contributed by atoms with Gasteiger partial charge in [0.1, 0.15) is 5.52 Å². The van der Waals surface area contributed by atoms with Crippen LogP contribution in [0.3, 0.4) is 0 Å². The van der Waals surface area contributed by atoms with Crippen molar-refractivity contribution in [1.29, 1.82) is 0 Å². The topological polar surface area (TPSA) is 76.9 Å². The molecular weight excluding hydrogens is 332 g/mol. The molecule has 3 aromatic rings. The van der Waals surface area contributed by atoms with Gasteiger partial charge in [0.25, 0.3) is 5.56 Å². The van der Waals surface area contributed by atoms with Crippen LogP contribution in [0.2, 0.25) is 0 Å². The highest BCUT2D eigenvalue weighted by molar-refractivity contribution is 7.99. The minimum absolute atomic E-state index is 0.126. The smallest absolute Gasteiger partial charge is 0.284 e. The van der Waals surface area contributed by atoms with Crippen molar-refractivity contribution in [2.75, 3.05) is 5.75 Å². The van der Waals surface area contributed by atoms with Gasteiger partial charge in [-0.05, 0) is 23.6 Å². The molecule has 0 saturated heterocycles. The van der Waals surface area contributed by atoms with Gasteiger partial charge in [0.2, 0.25) is 5.91 Å². The molecule has 0 aliphatic carbocycles. The second kappa shape index (κ2) is 6.93. The van der Waals surface area contributed by atoms with Crippen molar-refractivity contribution in [3.05, 3.63) is 51.1 Å². The summed E-state index contributed by atoms with van der Waals surface area (Å²) in [6.45, 7) is 0.504. The van der Waals surface area contributed by atoms with Crippen molar-refractivity contribution in [3.8, 4) is 0 Å². The molecule has 118 valence electrons. The fourth-order valence-electron chi connectivity index (χ4n) is 2.01. The van der Waals surface area contributed by atoms with E-state index in [4.69, 9.17) is 0 Å². The van der Waals surface area contributed by atoms with Crippen LogP contribution in [-0.4, -0.2) is 26.2 Å². The maximum absolute atomic E-state index is 12.2. The van der Waals surface area contributed by atoms with Crippen LogP contribution >= 0.6 is 23.1 Å². The molecule has 3 heterocycles. The van der Waals surface area contributed by atoms with E-state index in [1.165, 1.54) is 4.57 Å². The Balaban J connectivity index is 1.68. The number of aromatic nitrogens is 3. The van der Waals surface area contributed by atoms with Crippen LogP contribution in [0.5, 0.6) is 0 Å². The summed E-state index contributed by atoms with van der Waals surface area (Å²) >= 11 is 2.73. The molecule has 0 spiro atoms. The Kier molecular flexibility index (Phi) is 4.73. The second-order valence-corrected chi connectivity index (χ2v) is 6.77. The third-order valence-corrected chi connectivity index (χ3v) is 5.00. The molecule has 8 heteroatoms. The minimum Gasteiger partial charge on any atom is -0.350 e. The lowest BCUT2D eigenvalue weighted by Crippen LogP contribution is -2.26. The van der Waals surface area contributed by atoms with Crippen LogP contribution < -0.4 is 10.9 Å². The fraction of sp³-hybridized carbons (Fsp3) is 0.200. The molecule has 0 aromatic carbocycles. The Morgan fingerprint density at radius 3 is 3.04 bits per heavy atom. The average molecular weight is 346 g/mol. The molecule has 0 atom stereocenters. The highest BCUT2D eigenvalue weighted by Crippen LogP contribution is 2.14. The van der Waals surface area contributed by atoms with E-state index in [0.717, 1.165) is 16.6 Å². The number of carbonyl (C=O) groups is 1. The van der Waals surface area contributed by atoms with E-state index in [1.54, 1.807) is 36.7 Å². The SMILES string of the molecule is Cn1c(=O)c(SCC(=O)NCc2cccs2)nc2cccnc21. The Labute approximate surface area is 140 Å². The van der Waals surface area contributed by atoms with Crippen molar-refractivity contribution in [1.82, 2.24) is 19.9 Å². The summed E-state index contributed by atoms with van der Waals surface area (Å²) in [5, 5.41) is 5.10. The largest absolute Gasteiger partial charge is 0.350 e. The Morgan fingerprint density at radius 1 is 1.39 bits per heavy atom. The van der Waals surface area contributed by atoms with Gasteiger partial charge in [-0.2, -0.15) is 0 Å². The quantitative estimate of drug-likeness (QED) is 0.713. The molecule has 23 heavy (non-hydrogen) atoms. The Hall–Kier alpha value is -2.19. The van der Waals surface area contributed by atoms with Crippen molar-refractivity contribution in [2.45, 2.75) is 11.6 Å². The summed E-state index contributed by atoms with van der Waals surface area (Å²) < 4.78 is 1.45. The van der Waals surface area contributed by atoms with E-state index in [2.05, 4.69) is 15.3 Å². The second-order valence-electron chi connectivity index (χ2n) is 4.77. The maximum Gasteiger partial charge on any atom is 0.284 e. The average Bonchev–Trinajstić information content (AvgIpc) is 3.08. The molecule has 3 aromatic heterocycles. The molecule has 0 bridgehead atoms. The third kappa shape index (κ3) is 3.59. The molecular formula is C15H14N4O2S2. The lowest BCUT2D eigenvalue weighted by molar-refractivity contribution is -0.118. The highest BCUT2D eigenvalue weighted by atomic mass is 32.2. The zero-order chi connectivity index (χ0) is 16.2.